The topological polar surface area (TPSA) is 0 Å². The van der Waals surface area contributed by atoms with E-state index in [-0.39, 0.29) is 103 Å². The summed E-state index contributed by atoms with van der Waals surface area (Å²) in [7, 11) is 0. The summed E-state index contributed by atoms with van der Waals surface area (Å²) in [5.41, 5.74) is 0. The Balaban J connectivity index is 0. The average Bonchev–Trinajstić information content (AvgIpc) is 0. The second kappa shape index (κ2) is 141. The van der Waals surface area contributed by atoms with Gasteiger partial charge in [-0.05, 0) is 0 Å². The van der Waals surface area contributed by atoms with Crippen LogP contribution in [0.2, 0.25) is 0 Å². The first-order valence-corrected chi connectivity index (χ1v) is 0. The third-order valence-electron chi connectivity index (χ3n) is 0. The largest absolute Gasteiger partial charge is 4.00 e. The monoisotopic (exact) mass is 342 g/mol. The molecule has 0 nitrogen and oxygen atoms in total. The fraction of sp³-hybridized carbons (Fsp3) is 0. The number of halogens is 6. The second-order valence-electron chi connectivity index (χ2n) is 0. The molecule has 0 aliphatic carbocycles. The quantitative estimate of drug-likeness (QED) is 0.303. The van der Waals surface area contributed by atoms with Crippen LogP contribution in [0.25, 0.3) is 0 Å². The van der Waals surface area contributed by atoms with Gasteiger partial charge in [0.1, 0.15) is 0 Å². The zero-order valence-electron chi connectivity index (χ0n) is 3.47. The summed E-state index contributed by atoms with van der Waals surface area (Å²) in [6, 6.07) is 0. The SMILES string of the molecule is [Ba+2].[F-].[F-].[F-].[F-].[F-].[F-].[Zr+4]. The van der Waals surface area contributed by atoms with Crippen LogP contribution < -0.4 is 28.2 Å². The number of hydrogen-bond acceptors (Lipinski definition) is 0. The Labute approximate surface area is 102 Å². The van der Waals surface area contributed by atoms with Gasteiger partial charge in [0.2, 0.25) is 0 Å². The van der Waals surface area contributed by atoms with Crippen LogP contribution in [0.3, 0.4) is 0 Å². The minimum Gasteiger partial charge on any atom is -1.00 e. The molecule has 0 aliphatic rings. The average molecular weight is 343 g/mol. The van der Waals surface area contributed by atoms with E-state index in [9.17, 15) is 0 Å². The molecule has 0 aromatic carbocycles. The van der Waals surface area contributed by atoms with E-state index in [1.165, 1.54) is 0 Å². The van der Waals surface area contributed by atoms with Gasteiger partial charge < -0.3 is 28.2 Å². The van der Waals surface area contributed by atoms with Crippen molar-refractivity contribution in [2.24, 2.45) is 0 Å². The molecule has 0 saturated heterocycles. The smallest absolute Gasteiger partial charge is 1.00 e. The molecule has 8 heteroatoms. The molecule has 0 aromatic rings. The van der Waals surface area contributed by atoms with Gasteiger partial charge in [-0.2, -0.15) is 0 Å². The van der Waals surface area contributed by atoms with Crippen LogP contribution in [0.15, 0.2) is 0 Å². The molecule has 0 atom stereocenters. The molecule has 0 N–H and O–H groups in total. The van der Waals surface area contributed by atoms with E-state index in [0.29, 0.717) is 0 Å². The molecule has 0 amide bonds. The van der Waals surface area contributed by atoms with Gasteiger partial charge in [0.25, 0.3) is 0 Å². The molecule has 0 aromatic heterocycles. The van der Waals surface area contributed by atoms with Crippen LogP contribution in [-0.2, 0) is 26.2 Å². The van der Waals surface area contributed by atoms with Gasteiger partial charge in [0.15, 0.2) is 0 Å². The first kappa shape index (κ1) is 198. The van der Waals surface area contributed by atoms with Crippen LogP contribution >= 0.6 is 0 Å². The molecule has 8 heavy (non-hydrogen) atoms. The molecular formula is BaF6Zr. The number of hydrogen-bond donors (Lipinski definition) is 0. The Morgan fingerprint density at radius 1 is 0.375 bits per heavy atom. The summed E-state index contributed by atoms with van der Waals surface area (Å²) in [6.45, 7) is 0. The Bertz CT molecular complexity index is 8.49. The van der Waals surface area contributed by atoms with E-state index < -0.39 is 0 Å². The fourth-order valence-corrected chi connectivity index (χ4v) is 0. The Morgan fingerprint density at radius 2 is 0.375 bits per heavy atom. The molecular weight excluding hydrogens is 343 g/mol. The summed E-state index contributed by atoms with van der Waals surface area (Å²) < 4.78 is 0. The van der Waals surface area contributed by atoms with Crippen molar-refractivity contribution in [3.8, 4) is 0 Å². The van der Waals surface area contributed by atoms with Gasteiger partial charge in [-0.1, -0.05) is 0 Å². The van der Waals surface area contributed by atoms with Gasteiger partial charge in [0.05, 0.1) is 0 Å². The van der Waals surface area contributed by atoms with Gasteiger partial charge in [0, 0.05) is 0 Å². The predicted octanol–water partition coefficient (Wildman–Crippen LogP) is -18.4. The Hall–Kier alpha value is 2.03. The first-order chi connectivity index (χ1) is 0. The molecule has 0 unspecified atom stereocenters. The maximum absolute atomic E-state index is 0. The van der Waals surface area contributed by atoms with E-state index in [2.05, 4.69) is 0 Å². The summed E-state index contributed by atoms with van der Waals surface area (Å²) in [5, 5.41) is 0. The second-order valence-corrected chi connectivity index (χ2v) is 0. The van der Waals surface area contributed by atoms with Crippen molar-refractivity contribution in [2.75, 3.05) is 0 Å². The van der Waals surface area contributed by atoms with Crippen LogP contribution in [0.5, 0.6) is 0 Å². The van der Waals surface area contributed by atoms with Crippen molar-refractivity contribution in [1.82, 2.24) is 0 Å². The van der Waals surface area contributed by atoms with E-state index >= 15 is 0 Å². The van der Waals surface area contributed by atoms with E-state index in [4.69, 9.17) is 0 Å². The van der Waals surface area contributed by atoms with E-state index in [1.54, 1.807) is 0 Å². The van der Waals surface area contributed by atoms with Crippen molar-refractivity contribution in [1.29, 1.82) is 0 Å². The molecule has 0 bridgehead atoms. The molecule has 48 valence electrons. The zero-order chi connectivity index (χ0) is 0. The molecule has 0 fully saturated rings. The van der Waals surface area contributed by atoms with Crippen molar-refractivity contribution in [3.05, 3.63) is 0 Å². The Morgan fingerprint density at radius 3 is 0.375 bits per heavy atom. The van der Waals surface area contributed by atoms with Crippen molar-refractivity contribution in [2.45, 2.75) is 0 Å². The zero-order valence-corrected chi connectivity index (χ0v) is 10.4. The van der Waals surface area contributed by atoms with Gasteiger partial charge in [-0.3, -0.25) is 0 Å². The van der Waals surface area contributed by atoms with Crippen molar-refractivity contribution < 1.29 is 54.4 Å². The maximum atomic E-state index is 0. The summed E-state index contributed by atoms with van der Waals surface area (Å²) >= 11 is 0. The van der Waals surface area contributed by atoms with Gasteiger partial charge in [-0.15, -0.1) is 0 Å². The van der Waals surface area contributed by atoms with E-state index in [1.807, 2.05) is 0 Å². The molecule has 0 saturated carbocycles. The summed E-state index contributed by atoms with van der Waals surface area (Å²) in [6.07, 6.45) is 0. The molecule has 0 radical (unpaired) electrons. The third-order valence-corrected chi connectivity index (χ3v) is 0. The van der Waals surface area contributed by atoms with E-state index in [0.717, 1.165) is 0 Å². The predicted molar refractivity (Wildman–Crippen MR) is 5.75 cm³/mol. The fourth-order valence-electron chi connectivity index (χ4n) is 0. The minimum absolute atomic E-state index is 0. The van der Waals surface area contributed by atoms with Crippen LogP contribution in [-0.4, -0.2) is 48.9 Å². The maximum Gasteiger partial charge on any atom is 4.00 e. The third kappa shape index (κ3) is 96.1. The Kier molecular flexibility index (Phi) is 3480. The molecule has 0 rings (SSSR count). The standard InChI is InChI=1S/Ba.6FH.Zr/h;6*1H;/q+2;;;;;;;+4/p-6. The van der Waals surface area contributed by atoms with Crippen molar-refractivity contribution >= 4 is 48.9 Å². The van der Waals surface area contributed by atoms with Crippen LogP contribution in [0.1, 0.15) is 0 Å². The first-order valence-electron chi connectivity index (χ1n) is 0. The molecule has 0 heterocycles. The number of rotatable bonds is 0. The van der Waals surface area contributed by atoms with Crippen LogP contribution in [0.4, 0.5) is 0 Å². The molecule has 0 aliphatic heterocycles. The summed E-state index contributed by atoms with van der Waals surface area (Å²) in [5.74, 6) is 0. The van der Waals surface area contributed by atoms with Crippen LogP contribution in [0, 0.1) is 0 Å². The van der Waals surface area contributed by atoms with Gasteiger partial charge >= 0.3 is 75.1 Å². The summed E-state index contributed by atoms with van der Waals surface area (Å²) in [4.78, 5) is 0. The van der Waals surface area contributed by atoms with Gasteiger partial charge in [-0.25, -0.2) is 0 Å². The van der Waals surface area contributed by atoms with Crippen molar-refractivity contribution in [3.63, 3.8) is 0 Å². The normalized spacial score (nSPS) is 0. The minimum atomic E-state index is 0. The molecule has 0 spiro atoms.